The zero-order valence-corrected chi connectivity index (χ0v) is 34.1. The van der Waals surface area contributed by atoms with Crippen LogP contribution in [0.1, 0.15) is 39.7 Å². The quantitative estimate of drug-likeness (QED) is 0.148. The molecule has 2 N–H and O–H groups in total. The van der Waals surface area contributed by atoms with Crippen molar-refractivity contribution in [3.63, 3.8) is 0 Å². The van der Waals surface area contributed by atoms with Crippen LogP contribution in [0.3, 0.4) is 0 Å². The highest BCUT2D eigenvalue weighted by atomic mass is 19.4. The normalized spacial score (nSPS) is 11.5. The summed E-state index contributed by atoms with van der Waals surface area (Å²) in [6.45, 7) is 3.87. The number of imidazole rings is 2. The Kier molecular flexibility index (Phi) is 11.1. The first kappa shape index (κ1) is 40.5. The molecule has 0 unspecified atom stereocenters. The molecule has 12 heteroatoms. The predicted octanol–water partition coefficient (Wildman–Crippen LogP) is 12.3. The highest BCUT2D eigenvalue weighted by Gasteiger charge is 2.30. The highest BCUT2D eigenvalue weighted by Crippen LogP contribution is 2.34. The lowest BCUT2D eigenvalue weighted by atomic mass is 10.1. The first-order valence-electron chi connectivity index (χ1n) is 20.2. The molecular formula is C51H38F4N8. The van der Waals surface area contributed by atoms with Gasteiger partial charge in [-0.05, 0) is 104 Å². The first-order chi connectivity index (χ1) is 30.5. The smallest absolute Gasteiger partial charge is 0.340 e. The number of aryl methyl sites for hydroxylation is 2. The molecule has 0 aliphatic heterocycles. The molecule has 4 aromatic carbocycles. The van der Waals surface area contributed by atoms with Gasteiger partial charge in [0.25, 0.3) is 0 Å². The Morgan fingerprint density at radius 3 is 1.48 bits per heavy atom. The van der Waals surface area contributed by atoms with Crippen molar-refractivity contribution < 1.29 is 17.6 Å². The van der Waals surface area contributed by atoms with Crippen molar-refractivity contribution in [1.29, 1.82) is 0 Å². The number of aromatic nitrogens is 8. The summed E-state index contributed by atoms with van der Waals surface area (Å²) >= 11 is 0. The lowest BCUT2D eigenvalue weighted by Crippen LogP contribution is -2.05. The number of benzene rings is 4. The summed E-state index contributed by atoms with van der Waals surface area (Å²) in [4.78, 5) is 34.5. The van der Waals surface area contributed by atoms with Crippen molar-refractivity contribution in [3.8, 4) is 45.3 Å². The minimum absolute atomic E-state index is 0.234. The summed E-state index contributed by atoms with van der Waals surface area (Å²) in [6, 6.07) is 43.4. The molecule has 0 aliphatic rings. The molecule has 0 fully saturated rings. The average molecular weight is 839 g/mol. The van der Waals surface area contributed by atoms with Crippen molar-refractivity contribution in [1.82, 2.24) is 39.9 Å². The SMILES string of the molecule is Cc1cccc(-c2[nH]c(Cc3cccc(C(F)(F)F)c3)nc2-c2ccc3ncccc3c2)n1.Cc1cccc(-c2[nH]c(Cc3cccc(F)c3)nc2-c2ccc3ncccc3c2)n1. The molecule has 0 amide bonds. The Labute approximate surface area is 359 Å². The van der Waals surface area contributed by atoms with Gasteiger partial charge in [-0.1, -0.05) is 66.7 Å². The summed E-state index contributed by atoms with van der Waals surface area (Å²) in [5.41, 5.74) is 10.8. The van der Waals surface area contributed by atoms with Crippen molar-refractivity contribution in [2.75, 3.05) is 0 Å². The number of halogens is 4. The maximum absolute atomic E-state index is 13.6. The van der Waals surface area contributed by atoms with Crippen LogP contribution in [-0.4, -0.2) is 39.9 Å². The van der Waals surface area contributed by atoms with Gasteiger partial charge in [0.05, 0.1) is 50.8 Å². The largest absolute Gasteiger partial charge is 0.416 e. The summed E-state index contributed by atoms with van der Waals surface area (Å²) in [7, 11) is 0. The highest BCUT2D eigenvalue weighted by molar-refractivity contribution is 5.88. The van der Waals surface area contributed by atoms with Crippen LogP contribution in [0.25, 0.3) is 67.1 Å². The number of hydrogen-bond donors (Lipinski definition) is 2. The van der Waals surface area contributed by atoms with Gasteiger partial charge in [0, 0.05) is 58.5 Å². The summed E-state index contributed by atoms with van der Waals surface area (Å²) < 4.78 is 53.1. The number of nitrogens with zero attached hydrogens (tertiary/aromatic N) is 6. The predicted molar refractivity (Wildman–Crippen MR) is 238 cm³/mol. The van der Waals surface area contributed by atoms with E-state index in [1.165, 1.54) is 18.2 Å². The Bertz CT molecular complexity index is 3240. The van der Waals surface area contributed by atoms with E-state index in [0.29, 0.717) is 23.5 Å². The molecule has 63 heavy (non-hydrogen) atoms. The van der Waals surface area contributed by atoms with Crippen molar-refractivity contribution in [3.05, 3.63) is 204 Å². The molecule has 6 heterocycles. The number of rotatable bonds is 8. The second kappa shape index (κ2) is 17.3. The number of pyridine rings is 4. The zero-order valence-electron chi connectivity index (χ0n) is 34.1. The Balaban J connectivity index is 0.000000161. The van der Waals surface area contributed by atoms with E-state index in [-0.39, 0.29) is 12.2 Å². The maximum atomic E-state index is 13.6. The maximum Gasteiger partial charge on any atom is 0.416 e. The minimum atomic E-state index is -4.39. The molecule has 0 radical (unpaired) electrons. The molecule has 0 aliphatic carbocycles. The van der Waals surface area contributed by atoms with Crippen LogP contribution < -0.4 is 0 Å². The molecule has 310 valence electrons. The number of fused-ring (bicyclic) bond motifs is 2. The van der Waals surface area contributed by atoms with E-state index in [0.717, 1.165) is 96.3 Å². The molecule has 0 spiro atoms. The molecule has 0 saturated heterocycles. The van der Waals surface area contributed by atoms with Crippen LogP contribution in [0.15, 0.2) is 158 Å². The summed E-state index contributed by atoms with van der Waals surface area (Å²) in [5, 5.41) is 2.02. The Hall–Kier alpha value is -7.86. The van der Waals surface area contributed by atoms with Gasteiger partial charge in [0.1, 0.15) is 17.5 Å². The first-order valence-corrected chi connectivity index (χ1v) is 20.2. The van der Waals surface area contributed by atoms with E-state index in [1.807, 2.05) is 111 Å². The fourth-order valence-corrected chi connectivity index (χ4v) is 7.50. The lowest BCUT2D eigenvalue weighted by molar-refractivity contribution is -0.137. The van der Waals surface area contributed by atoms with Gasteiger partial charge in [-0.2, -0.15) is 13.2 Å². The van der Waals surface area contributed by atoms with Gasteiger partial charge in [0.2, 0.25) is 0 Å². The van der Waals surface area contributed by atoms with E-state index in [2.05, 4.69) is 36.0 Å². The summed E-state index contributed by atoms with van der Waals surface area (Å²) in [6.07, 6.45) is -0.120. The minimum Gasteiger partial charge on any atom is -0.340 e. The van der Waals surface area contributed by atoms with Crippen molar-refractivity contribution >= 4 is 21.8 Å². The van der Waals surface area contributed by atoms with Crippen LogP contribution >= 0.6 is 0 Å². The summed E-state index contributed by atoms with van der Waals surface area (Å²) in [5.74, 6) is 1.08. The van der Waals surface area contributed by atoms with Crippen molar-refractivity contribution in [2.45, 2.75) is 32.9 Å². The fraction of sp³-hybridized carbons (Fsp3) is 0.0980. The lowest BCUT2D eigenvalue weighted by Gasteiger charge is -2.07. The number of aromatic amines is 2. The second-order valence-corrected chi connectivity index (χ2v) is 15.1. The van der Waals surface area contributed by atoms with Crippen molar-refractivity contribution in [2.24, 2.45) is 0 Å². The monoisotopic (exact) mass is 838 g/mol. The van der Waals surface area contributed by atoms with Gasteiger partial charge >= 0.3 is 6.18 Å². The number of alkyl halides is 3. The Morgan fingerprint density at radius 2 is 0.984 bits per heavy atom. The zero-order chi connectivity index (χ0) is 43.5. The molecular weight excluding hydrogens is 801 g/mol. The second-order valence-electron chi connectivity index (χ2n) is 15.1. The molecule has 0 saturated carbocycles. The van der Waals surface area contributed by atoms with Gasteiger partial charge in [0.15, 0.2) is 0 Å². The molecule has 10 aromatic rings. The van der Waals surface area contributed by atoms with E-state index < -0.39 is 11.7 Å². The van der Waals surface area contributed by atoms with Crippen LogP contribution in [0.5, 0.6) is 0 Å². The standard InChI is InChI=1S/C26H19F3N4.C25H19FN4/c1-16-5-2-9-22(31-16)25-24(19-10-11-21-18(15-19)7-4-12-30-21)32-23(33-25)14-17-6-3-8-20(13-17)26(27,28)29;1-16-5-2-9-22(28-16)25-24(19-10-11-21-18(15-19)7-4-12-27-21)29-23(30-25)14-17-6-3-8-20(26)13-17/h2-13,15H,14H2,1H3,(H,32,33);2-13,15H,14H2,1H3,(H,29,30). The van der Waals surface area contributed by atoms with Gasteiger partial charge in [-0.3, -0.25) is 19.9 Å². The van der Waals surface area contributed by atoms with Crippen LogP contribution in [-0.2, 0) is 19.0 Å². The van der Waals surface area contributed by atoms with E-state index in [1.54, 1.807) is 24.5 Å². The number of hydrogen-bond acceptors (Lipinski definition) is 6. The molecule has 6 aromatic heterocycles. The molecule has 0 atom stereocenters. The van der Waals surface area contributed by atoms with Crippen LogP contribution in [0, 0.1) is 19.7 Å². The molecule has 8 nitrogen and oxygen atoms in total. The third-order valence-electron chi connectivity index (χ3n) is 10.4. The van der Waals surface area contributed by atoms with E-state index in [4.69, 9.17) is 9.97 Å². The number of nitrogens with one attached hydrogen (secondary N) is 2. The topological polar surface area (TPSA) is 109 Å². The molecule has 0 bridgehead atoms. The van der Waals surface area contributed by atoms with E-state index in [9.17, 15) is 17.6 Å². The van der Waals surface area contributed by atoms with Crippen LogP contribution in [0.2, 0.25) is 0 Å². The van der Waals surface area contributed by atoms with Crippen LogP contribution in [0.4, 0.5) is 17.6 Å². The fourth-order valence-electron chi connectivity index (χ4n) is 7.50. The average Bonchev–Trinajstić information content (AvgIpc) is 3.91. The number of H-pyrrole nitrogens is 2. The molecule has 10 rings (SSSR count). The third-order valence-corrected chi connectivity index (χ3v) is 10.4. The van der Waals surface area contributed by atoms with Gasteiger partial charge in [-0.15, -0.1) is 0 Å². The third kappa shape index (κ3) is 9.25. The van der Waals surface area contributed by atoms with Gasteiger partial charge in [-0.25, -0.2) is 14.4 Å². The Morgan fingerprint density at radius 1 is 0.492 bits per heavy atom. The van der Waals surface area contributed by atoms with Gasteiger partial charge < -0.3 is 9.97 Å². The van der Waals surface area contributed by atoms with E-state index >= 15 is 0 Å².